The lowest BCUT2D eigenvalue weighted by atomic mass is 10.2. The van der Waals surface area contributed by atoms with E-state index in [1.807, 2.05) is 0 Å². The summed E-state index contributed by atoms with van der Waals surface area (Å²) in [6.45, 7) is 3.50. The van der Waals surface area contributed by atoms with E-state index in [1.54, 1.807) is 32.0 Å². The highest BCUT2D eigenvalue weighted by atomic mass is 16.5. The van der Waals surface area contributed by atoms with E-state index in [9.17, 15) is 14.4 Å². The summed E-state index contributed by atoms with van der Waals surface area (Å²) in [5.41, 5.74) is 0.632. The number of carbonyl (C=O) groups is 3. The number of anilines is 2. The van der Waals surface area contributed by atoms with Gasteiger partial charge in [-0.2, -0.15) is 0 Å². The van der Waals surface area contributed by atoms with E-state index in [1.165, 1.54) is 21.3 Å². The summed E-state index contributed by atoms with van der Waals surface area (Å²) in [4.78, 5) is 35.3. The molecule has 0 heterocycles. The van der Waals surface area contributed by atoms with E-state index < -0.39 is 11.9 Å². The summed E-state index contributed by atoms with van der Waals surface area (Å²) in [7, 11) is 3.87. The maximum absolute atomic E-state index is 12.0. The SMILES string of the molecule is COC(=O)/C=C(/Nc1ccc(OC)cc1NC(=O)C(C)C)C(=O)OC. The minimum Gasteiger partial charge on any atom is -0.497 e. The lowest BCUT2D eigenvalue weighted by molar-refractivity contribution is -0.138. The standard InChI is InChI=1S/C17H22N2O6/c1-10(2)16(21)19-13-8-11(23-3)6-7-12(13)18-14(17(22)25-5)9-15(20)24-4/h6-10,18H,1-5H3,(H,19,21)/b14-9+. The summed E-state index contributed by atoms with van der Waals surface area (Å²) in [6.07, 6.45) is 0.962. The first-order chi connectivity index (χ1) is 11.8. The van der Waals surface area contributed by atoms with Crippen molar-refractivity contribution < 1.29 is 28.6 Å². The molecular weight excluding hydrogens is 328 g/mol. The average molecular weight is 350 g/mol. The number of hydrogen-bond donors (Lipinski definition) is 2. The Hall–Kier alpha value is -3.03. The molecule has 1 aromatic carbocycles. The van der Waals surface area contributed by atoms with Crippen molar-refractivity contribution in [3.05, 3.63) is 30.0 Å². The fraction of sp³-hybridized carbons (Fsp3) is 0.353. The minimum absolute atomic E-state index is 0.139. The van der Waals surface area contributed by atoms with Gasteiger partial charge >= 0.3 is 11.9 Å². The van der Waals surface area contributed by atoms with Gasteiger partial charge < -0.3 is 24.8 Å². The molecule has 0 aliphatic heterocycles. The predicted molar refractivity (Wildman–Crippen MR) is 92.2 cm³/mol. The molecule has 8 nitrogen and oxygen atoms in total. The van der Waals surface area contributed by atoms with Crippen LogP contribution >= 0.6 is 0 Å². The Kier molecular flexibility index (Phi) is 7.45. The van der Waals surface area contributed by atoms with Gasteiger partial charge in [0.25, 0.3) is 0 Å². The zero-order valence-corrected chi connectivity index (χ0v) is 14.8. The third-order valence-electron chi connectivity index (χ3n) is 3.15. The van der Waals surface area contributed by atoms with E-state index in [4.69, 9.17) is 4.74 Å². The van der Waals surface area contributed by atoms with Crippen LogP contribution in [0.3, 0.4) is 0 Å². The number of esters is 2. The van der Waals surface area contributed by atoms with Crippen molar-refractivity contribution in [2.75, 3.05) is 32.0 Å². The fourth-order valence-corrected chi connectivity index (χ4v) is 1.72. The second-order valence-corrected chi connectivity index (χ2v) is 5.25. The van der Waals surface area contributed by atoms with Gasteiger partial charge in [-0.05, 0) is 12.1 Å². The van der Waals surface area contributed by atoms with Gasteiger partial charge in [0.1, 0.15) is 11.4 Å². The van der Waals surface area contributed by atoms with Gasteiger partial charge in [0.15, 0.2) is 0 Å². The number of methoxy groups -OCH3 is 3. The molecule has 0 spiro atoms. The molecule has 0 atom stereocenters. The fourth-order valence-electron chi connectivity index (χ4n) is 1.72. The number of rotatable bonds is 7. The Morgan fingerprint density at radius 1 is 1.00 bits per heavy atom. The zero-order valence-electron chi connectivity index (χ0n) is 14.8. The number of amides is 1. The maximum Gasteiger partial charge on any atom is 0.354 e. The first kappa shape index (κ1) is 20.0. The maximum atomic E-state index is 12.0. The molecule has 8 heteroatoms. The minimum atomic E-state index is -0.762. The molecule has 2 N–H and O–H groups in total. The molecule has 136 valence electrons. The molecule has 0 radical (unpaired) electrons. The Morgan fingerprint density at radius 2 is 1.68 bits per heavy atom. The topological polar surface area (TPSA) is 103 Å². The van der Waals surface area contributed by atoms with Crippen LogP contribution in [-0.2, 0) is 23.9 Å². The highest BCUT2D eigenvalue weighted by molar-refractivity contribution is 6.01. The molecule has 1 rings (SSSR count). The van der Waals surface area contributed by atoms with E-state index in [-0.39, 0.29) is 17.5 Å². The Bertz CT molecular complexity index is 682. The molecule has 0 aliphatic rings. The zero-order chi connectivity index (χ0) is 19.0. The molecule has 0 fully saturated rings. The van der Waals surface area contributed by atoms with Gasteiger partial charge in [0.2, 0.25) is 5.91 Å². The van der Waals surface area contributed by atoms with Crippen LogP contribution in [0.5, 0.6) is 5.75 Å². The third-order valence-corrected chi connectivity index (χ3v) is 3.15. The Balaban J connectivity index is 3.24. The van der Waals surface area contributed by atoms with Gasteiger partial charge in [-0.15, -0.1) is 0 Å². The van der Waals surface area contributed by atoms with E-state index in [2.05, 4.69) is 20.1 Å². The summed E-state index contributed by atoms with van der Waals surface area (Å²) < 4.78 is 14.3. The second kappa shape index (κ2) is 9.31. The normalized spacial score (nSPS) is 10.9. The number of nitrogens with one attached hydrogen (secondary N) is 2. The smallest absolute Gasteiger partial charge is 0.354 e. The van der Waals surface area contributed by atoms with Crippen LogP contribution in [0.2, 0.25) is 0 Å². The van der Waals surface area contributed by atoms with Gasteiger partial charge in [0, 0.05) is 12.0 Å². The summed E-state index contributed by atoms with van der Waals surface area (Å²) in [5.74, 6) is -1.43. The molecule has 0 saturated heterocycles. The molecule has 1 amide bonds. The van der Waals surface area contributed by atoms with Gasteiger partial charge in [0.05, 0.1) is 38.8 Å². The van der Waals surface area contributed by atoms with Crippen molar-refractivity contribution in [1.82, 2.24) is 0 Å². The second-order valence-electron chi connectivity index (χ2n) is 5.25. The first-order valence-corrected chi connectivity index (χ1v) is 7.46. The quantitative estimate of drug-likeness (QED) is 0.572. The first-order valence-electron chi connectivity index (χ1n) is 7.46. The molecule has 0 unspecified atom stereocenters. The largest absolute Gasteiger partial charge is 0.497 e. The van der Waals surface area contributed by atoms with E-state index >= 15 is 0 Å². The van der Waals surface area contributed by atoms with Crippen molar-refractivity contribution in [3.63, 3.8) is 0 Å². The van der Waals surface area contributed by atoms with Crippen molar-refractivity contribution in [2.24, 2.45) is 5.92 Å². The monoisotopic (exact) mass is 350 g/mol. The summed E-state index contributed by atoms with van der Waals surface area (Å²) >= 11 is 0. The average Bonchev–Trinajstić information content (AvgIpc) is 2.61. The van der Waals surface area contributed by atoms with E-state index in [0.29, 0.717) is 17.1 Å². The van der Waals surface area contributed by atoms with Crippen LogP contribution in [0, 0.1) is 5.92 Å². The highest BCUT2D eigenvalue weighted by Crippen LogP contribution is 2.28. The number of hydrogen-bond acceptors (Lipinski definition) is 7. The molecule has 0 bridgehead atoms. The molecular formula is C17H22N2O6. The van der Waals surface area contributed by atoms with Gasteiger partial charge in [-0.3, -0.25) is 4.79 Å². The number of benzene rings is 1. The van der Waals surface area contributed by atoms with Crippen LogP contribution in [-0.4, -0.2) is 39.2 Å². The van der Waals surface area contributed by atoms with Crippen molar-refractivity contribution in [2.45, 2.75) is 13.8 Å². The molecule has 25 heavy (non-hydrogen) atoms. The molecule has 0 aliphatic carbocycles. The van der Waals surface area contributed by atoms with Crippen molar-refractivity contribution >= 4 is 29.2 Å². The van der Waals surface area contributed by atoms with Crippen LogP contribution in [0.25, 0.3) is 0 Å². The van der Waals surface area contributed by atoms with Crippen LogP contribution < -0.4 is 15.4 Å². The summed E-state index contributed by atoms with van der Waals surface area (Å²) in [5, 5.41) is 5.51. The van der Waals surface area contributed by atoms with Crippen molar-refractivity contribution in [1.29, 1.82) is 0 Å². The molecule has 1 aromatic rings. The third kappa shape index (κ3) is 5.83. The highest BCUT2D eigenvalue weighted by Gasteiger charge is 2.17. The summed E-state index contributed by atoms with van der Waals surface area (Å²) in [6, 6.07) is 4.83. The Morgan fingerprint density at radius 3 is 2.20 bits per heavy atom. The number of carbonyl (C=O) groups excluding carboxylic acids is 3. The van der Waals surface area contributed by atoms with Crippen molar-refractivity contribution in [3.8, 4) is 5.75 Å². The molecule has 0 aromatic heterocycles. The molecule has 0 saturated carbocycles. The van der Waals surface area contributed by atoms with E-state index in [0.717, 1.165) is 6.08 Å². The number of ether oxygens (including phenoxy) is 3. The predicted octanol–water partition coefficient (Wildman–Crippen LogP) is 1.93. The van der Waals surface area contributed by atoms with Crippen LogP contribution in [0.4, 0.5) is 11.4 Å². The van der Waals surface area contributed by atoms with Crippen LogP contribution in [0.1, 0.15) is 13.8 Å². The lowest BCUT2D eigenvalue weighted by Crippen LogP contribution is -2.20. The van der Waals surface area contributed by atoms with Gasteiger partial charge in [-0.1, -0.05) is 13.8 Å². The van der Waals surface area contributed by atoms with Gasteiger partial charge in [-0.25, -0.2) is 9.59 Å². The van der Waals surface area contributed by atoms with Crippen LogP contribution in [0.15, 0.2) is 30.0 Å². The Labute approximate surface area is 146 Å². The lowest BCUT2D eigenvalue weighted by Gasteiger charge is -2.16.